The first kappa shape index (κ1) is 14.1. The van der Waals surface area contributed by atoms with Crippen molar-refractivity contribution in [1.82, 2.24) is 0 Å². The molecule has 0 aliphatic heterocycles. The Labute approximate surface area is 115 Å². The maximum absolute atomic E-state index is 9.43. The van der Waals surface area contributed by atoms with Gasteiger partial charge in [-0.25, -0.2) is 0 Å². The molecule has 0 heterocycles. The highest BCUT2D eigenvalue weighted by molar-refractivity contribution is 6.59. The molecule has 100 valence electrons. The molecule has 3 nitrogen and oxygen atoms in total. The van der Waals surface area contributed by atoms with Crippen molar-refractivity contribution in [2.75, 3.05) is 0 Å². The molecule has 2 rings (SSSR count). The Balaban J connectivity index is 2.54. The first-order chi connectivity index (χ1) is 9.19. The van der Waals surface area contributed by atoms with Crippen LogP contribution in [0.4, 0.5) is 0 Å². The summed E-state index contributed by atoms with van der Waals surface area (Å²) in [6.45, 7) is 2.08. The maximum Gasteiger partial charge on any atom is 0.489 e. The van der Waals surface area contributed by atoms with Gasteiger partial charge in [0.25, 0.3) is 0 Å². The van der Waals surface area contributed by atoms with Gasteiger partial charge in [0.05, 0.1) is 11.6 Å². The molecule has 1 aliphatic rings. The van der Waals surface area contributed by atoms with Crippen molar-refractivity contribution < 1.29 is 10.0 Å². The molecule has 1 aromatic carbocycles. The van der Waals surface area contributed by atoms with Crippen LogP contribution in [0, 0.1) is 11.3 Å². The largest absolute Gasteiger partial charge is 0.489 e. The minimum Gasteiger partial charge on any atom is -0.423 e. The standard InChI is InChI=1S/C15H20BNO2/c1-2-11-8-9-14(16(18)19)13(10-17)15(11)12-6-4-3-5-7-12/h8-9,12,18-19H,2-7H2,1H3. The molecule has 19 heavy (non-hydrogen) atoms. The molecular weight excluding hydrogens is 237 g/mol. The molecule has 4 heteroatoms. The van der Waals surface area contributed by atoms with Crippen molar-refractivity contribution in [2.24, 2.45) is 0 Å². The average Bonchev–Trinajstić information content (AvgIpc) is 2.46. The third-order valence-corrected chi connectivity index (χ3v) is 4.15. The Hall–Kier alpha value is -1.31. The fourth-order valence-electron chi connectivity index (χ4n) is 3.19. The lowest BCUT2D eigenvalue weighted by atomic mass is 9.71. The second kappa shape index (κ2) is 6.23. The Morgan fingerprint density at radius 2 is 1.95 bits per heavy atom. The molecule has 0 aromatic heterocycles. The topological polar surface area (TPSA) is 64.2 Å². The van der Waals surface area contributed by atoms with E-state index in [1.54, 1.807) is 6.07 Å². The van der Waals surface area contributed by atoms with E-state index in [1.807, 2.05) is 6.07 Å². The van der Waals surface area contributed by atoms with Crippen molar-refractivity contribution in [1.29, 1.82) is 5.26 Å². The Kier molecular flexibility index (Phi) is 4.63. The summed E-state index contributed by atoms with van der Waals surface area (Å²) in [7, 11) is -1.57. The second-order valence-corrected chi connectivity index (χ2v) is 5.28. The highest BCUT2D eigenvalue weighted by Gasteiger charge is 2.26. The Morgan fingerprint density at radius 1 is 1.26 bits per heavy atom. The average molecular weight is 257 g/mol. The van der Waals surface area contributed by atoms with Gasteiger partial charge in [-0.05, 0) is 36.3 Å². The van der Waals surface area contributed by atoms with Crippen molar-refractivity contribution in [3.63, 3.8) is 0 Å². The quantitative estimate of drug-likeness (QED) is 0.812. The summed E-state index contributed by atoms with van der Waals surface area (Å²) < 4.78 is 0. The number of hydrogen-bond donors (Lipinski definition) is 2. The first-order valence-electron chi connectivity index (χ1n) is 7.11. The first-order valence-corrected chi connectivity index (χ1v) is 7.11. The molecule has 1 fully saturated rings. The van der Waals surface area contributed by atoms with Gasteiger partial charge in [-0.1, -0.05) is 38.3 Å². The highest BCUT2D eigenvalue weighted by Crippen LogP contribution is 2.36. The summed E-state index contributed by atoms with van der Waals surface area (Å²) in [6, 6.07) is 5.82. The zero-order valence-electron chi connectivity index (χ0n) is 11.4. The summed E-state index contributed by atoms with van der Waals surface area (Å²) in [4.78, 5) is 0. The zero-order valence-corrected chi connectivity index (χ0v) is 11.4. The minimum atomic E-state index is -1.57. The molecule has 1 aromatic rings. The van der Waals surface area contributed by atoms with Gasteiger partial charge in [-0.2, -0.15) is 5.26 Å². The van der Waals surface area contributed by atoms with Gasteiger partial charge in [0.15, 0.2) is 0 Å². The lowest BCUT2D eigenvalue weighted by Crippen LogP contribution is -2.34. The van der Waals surface area contributed by atoms with Crippen LogP contribution in [0.1, 0.15) is 61.6 Å². The van der Waals surface area contributed by atoms with E-state index in [-0.39, 0.29) is 0 Å². The molecule has 1 saturated carbocycles. The molecule has 0 atom stereocenters. The van der Waals surface area contributed by atoms with Crippen molar-refractivity contribution in [2.45, 2.75) is 51.4 Å². The third-order valence-electron chi connectivity index (χ3n) is 4.15. The van der Waals surface area contributed by atoms with E-state index in [1.165, 1.54) is 24.8 Å². The van der Waals surface area contributed by atoms with E-state index in [0.29, 0.717) is 16.9 Å². The lowest BCUT2D eigenvalue weighted by molar-refractivity contribution is 0.424. The molecule has 0 bridgehead atoms. The Bertz CT molecular complexity index is 488. The normalized spacial score (nSPS) is 16.1. The number of aryl methyl sites for hydroxylation is 1. The highest BCUT2D eigenvalue weighted by atomic mass is 16.4. The van der Waals surface area contributed by atoms with Crippen molar-refractivity contribution in [3.8, 4) is 6.07 Å². The van der Waals surface area contributed by atoms with Gasteiger partial charge in [0.1, 0.15) is 0 Å². The van der Waals surface area contributed by atoms with Crippen LogP contribution in [-0.2, 0) is 6.42 Å². The molecule has 0 spiro atoms. The molecule has 1 aliphatic carbocycles. The fourth-order valence-corrected chi connectivity index (χ4v) is 3.19. The van der Waals surface area contributed by atoms with Crippen LogP contribution in [0.3, 0.4) is 0 Å². The Morgan fingerprint density at radius 3 is 2.47 bits per heavy atom. The molecule has 0 amide bonds. The monoisotopic (exact) mass is 257 g/mol. The number of hydrogen-bond acceptors (Lipinski definition) is 3. The SMILES string of the molecule is CCc1ccc(B(O)O)c(C#N)c1C1CCCCC1. The van der Waals surface area contributed by atoms with E-state index in [0.717, 1.165) is 24.8 Å². The predicted octanol–water partition coefficient (Wildman–Crippen LogP) is 1.85. The van der Waals surface area contributed by atoms with Crippen LogP contribution in [-0.4, -0.2) is 17.2 Å². The third kappa shape index (κ3) is 2.83. The van der Waals surface area contributed by atoms with Gasteiger partial charge in [0.2, 0.25) is 0 Å². The van der Waals surface area contributed by atoms with Crippen LogP contribution in [0.2, 0.25) is 0 Å². The van der Waals surface area contributed by atoms with Crippen molar-refractivity contribution >= 4 is 12.6 Å². The van der Waals surface area contributed by atoms with Gasteiger partial charge in [0, 0.05) is 5.46 Å². The zero-order chi connectivity index (χ0) is 13.8. The van der Waals surface area contributed by atoms with E-state index in [9.17, 15) is 15.3 Å². The van der Waals surface area contributed by atoms with E-state index < -0.39 is 7.12 Å². The number of rotatable bonds is 3. The number of nitrogens with zero attached hydrogens (tertiary/aromatic N) is 1. The number of benzene rings is 1. The van der Waals surface area contributed by atoms with E-state index in [2.05, 4.69) is 13.0 Å². The van der Waals surface area contributed by atoms with Gasteiger partial charge >= 0.3 is 7.12 Å². The minimum absolute atomic E-state index is 0.347. The smallest absolute Gasteiger partial charge is 0.423 e. The summed E-state index contributed by atoms with van der Waals surface area (Å²) in [5.74, 6) is 0.400. The van der Waals surface area contributed by atoms with Crippen LogP contribution in [0.25, 0.3) is 0 Å². The number of nitriles is 1. The van der Waals surface area contributed by atoms with Crippen LogP contribution in [0.15, 0.2) is 12.1 Å². The lowest BCUT2D eigenvalue weighted by Gasteiger charge is -2.26. The summed E-state index contributed by atoms with van der Waals surface area (Å²) in [6.07, 6.45) is 6.75. The molecular formula is C15H20BNO2. The predicted molar refractivity (Wildman–Crippen MR) is 76.2 cm³/mol. The fraction of sp³-hybridized carbons (Fsp3) is 0.533. The van der Waals surface area contributed by atoms with Gasteiger partial charge in [-0.15, -0.1) is 0 Å². The summed E-state index contributed by atoms with van der Waals surface area (Å²) in [5, 5.41) is 28.3. The van der Waals surface area contributed by atoms with Gasteiger partial charge < -0.3 is 10.0 Å². The summed E-state index contributed by atoms with van der Waals surface area (Å²) in [5.41, 5.74) is 3.07. The van der Waals surface area contributed by atoms with Crippen LogP contribution < -0.4 is 5.46 Å². The molecule has 0 radical (unpaired) electrons. The molecule has 0 unspecified atom stereocenters. The molecule has 0 saturated heterocycles. The molecule has 2 N–H and O–H groups in total. The van der Waals surface area contributed by atoms with E-state index >= 15 is 0 Å². The van der Waals surface area contributed by atoms with Gasteiger partial charge in [-0.3, -0.25) is 0 Å². The summed E-state index contributed by atoms with van der Waals surface area (Å²) >= 11 is 0. The second-order valence-electron chi connectivity index (χ2n) is 5.28. The maximum atomic E-state index is 9.43. The van der Waals surface area contributed by atoms with Crippen molar-refractivity contribution in [3.05, 3.63) is 28.8 Å². The van der Waals surface area contributed by atoms with Crippen LogP contribution >= 0.6 is 0 Å². The van der Waals surface area contributed by atoms with E-state index in [4.69, 9.17) is 0 Å². The van der Waals surface area contributed by atoms with Crippen LogP contribution in [0.5, 0.6) is 0 Å².